The van der Waals surface area contributed by atoms with Crippen LogP contribution in [0.15, 0.2) is 42.5 Å². The van der Waals surface area contributed by atoms with Crippen LogP contribution >= 0.6 is 0 Å². The molecule has 154 valence electrons. The normalized spacial score (nSPS) is 15.9. The van der Waals surface area contributed by atoms with Crippen molar-refractivity contribution < 1.29 is 14.6 Å². The molecule has 1 atom stereocenters. The summed E-state index contributed by atoms with van der Waals surface area (Å²) >= 11 is 0. The molecule has 0 amide bonds. The van der Waals surface area contributed by atoms with Gasteiger partial charge in [-0.15, -0.1) is 0 Å². The summed E-state index contributed by atoms with van der Waals surface area (Å²) in [7, 11) is 0. The molecule has 0 spiro atoms. The second-order valence-electron chi connectivity index (χ2n) is 6.96. The topological polar surface area (TPSA) is 111 Å². The highest BCUT2D eigenvalue weighted by atomic mass is 16.6. The molecule has 9 heteroatoms. The van der Waals surface area contributed by atoms with Crippen molar-refractivity contribution in [2.45, 2.75) is 32.2 Å². The van der Waals surface area contributed by atoms with Gasteiger partial charge in [-0.25, -0.2) is 0 Å². The van der Waals surface area contributed by atoms with Gasteiger partial charge in [0.1, 0.15) is 5.75 Å². The fourth-order valence-electron chi connectivity index (χ4n) is 3.44. The van der Waals surface area contributed by atoms with E-state index >= 15 is 0 Å². The minimum absolute atomic E-state index is 0.0290. The molecule has 3 rings (SSSR count). The van der Waals surface area contributed by atoms with Crippen molar-refractivity contribution in [1.29, 1.82) is 0 Å². The van der Waals surface area contributed by atoms with Gasteiger partial charge in [-0.2, -0.15) is 0 Å². The van der Waals surface area contributed by atoms with Gasteiger partial charge in [0.2, 0.25) is 0 Å². The zero-order valence-corrected chi connectivity index (χ0v) is 16.2. The first-order valence-electron chi connectivity index (χ1n) is 9.65. The quantitative estimate of drug-likeness (QED) is 0.378. The van der Waals surface area contributed by atoms with Gasteiger partial charge in [0, 0.05) is 37.0 Å². The van der Waals surface area contributed by atoms with Gasteiger partial charge in [-0.3, -0.25) is 20.2 Å². The molecule has 1 fully saturated rings. The summed E-state index contributed by atoms with van der Waals surface area (Å²) in [6.07, 6.45) is 2.81. The van der Waals surface area contributed by atoms with E-state index in [2.05, 4.69) is 12.2 Å². The number of para-hydroxylation sites is 1. The molecule has 0 aromatic heterocycles. The van der Waals surface area contributed by atoms with Crippen LogP contribution in [0, 0.1) is 20.2 Å². The Morgan fingerprint density at radius 3 is 2.34 bits per heavy atom. The highest BCUT2D eigenvalue weighted by Crippen LogP contribution is 2.39. The highest BCUT2D eigenvalue weighted by Gasteiger charge is 2.33. The SMILES string of the molecule is CCCCOc1ccc(N[C@@H]2CCN(c3c([N+](=O)[O-])cccc3[N+](=O)[O-])C2)cc1. The lowest BCUT2D eigenvalue weighted by atomic mass is 10.2. The maximum absolute atomic E-state index is 11.4. The van der Waals surface area contributed by atoms with Crippen LogP contribution in [0.2, 0.25) is 0 Å². The monoisotopic (exact) mass is 400 g/mol. The van der Waals surface area contributed by atoms with Gasteiger partial charge in [0.05, 0.1) is 16.5 Å². The lowest BCUT2D eigenvalue weighted by Crippen LogP contribution is -2.27. The van der Waals surface area contributed by atoms with Crippen molar-refractivity contribution in [2.24, 2.45) is 0 Å². The van der Waals surface area contributed by atoms with Crippen molar-refractivity contribution >= 4 is 22.7 Å². The van der Waals surface area contributed by atoms with Gasteiger partial charge >= 0.3 is 0 Å². The predicted octanol–water partition coefficient (Wildman–Crippen LogP) is 4.37. The maximum atomic E-state index is 11.4. The Labute approximate surface area is 168 Å². The van der Waals surface area contributed by atoms with E-state index in [4.69, 9.17) is 4.74 Å². The molecule has 1 aliphatic rings. The summed E-state index contributed by atoms with van der Waals surface area (Å²) in [5.41, 5.74) is 0.505. The van der Waals surface area contributed by atoms with Gasteiger partial charge in [-0.1, -0.05) is 13.3 Å². The van der Waals surface area contributed by atoms with Crippen LogP contribution in [0.25, 0.3) is 0 Å². The molecule has 0 radical (unpaired) electrons. The number of nitro benzene ring substituents is 2. The van der Waals surface area contributed by atoms with E-state index in [1.54, 1.807) is 4.90 Å². The third kappa shape index (κ3) is 4.92. The van der Waals surface area contributed by atoms with E-state index in [9.17, 15) is 20.2 Å². The minimum Gasteiger partial charge on any atom is -0.494 e. The molecule has 29 heavy (non-hydrogen) atoms. The van der Waals surface area contributed by atoms with E-state index in [0.717, 1.165) is 30.7 Å². The standard InChI is InChI=1S/C20H24N4O5/c1-2-3-13-29-17-9-7-15(8-10-17)21-16-11-12-22(14-16)20-18(23(25)26)5-4-6-19(20)24(27)28/h4-10,16,21H,2-3,11-14H2,1H3/t16-/m1/s1. The predicted molar refractivity (Wildman–Crippen MR) is 111 cm³/mol. The molecular weight excluding hydrogens is 376 g/mol. The zero-order valence-electron chi connectivity index (χ0n) is 16.2. The number of anilines is 2. The molecule has 0 bridgehead atoms. The number of rotatable bonds is 9. The first-order chi connectivity index (χ1) is 14.0. The average Bonchev–Trinajstić information content (AvgIpc) is 3.17. The van der Waals surface area contributed by atoms with E-state index in [1.807, 2.05) is 24.3 Å². The van der Waals surface area contributed by atoms with Crippen LogP contribution in [0.5, 0.6) is 5.75 Å². The maximum Gasteiger partial charge on any atom is 0.299 e. The Bertz CT molecular complexity index is 839. The lowest BCUT2D eigenvalue weighted by molar-refractivity contribution is -0.392. The third-order valence-corrected chi connectivity index (χ3v) is 4.88. The Morgan fingerprint density at radius 1 is 1.10 bits per heavy atom. The van der Waals surface area contributed by atoms with E-state index in [1.165, 1.54) is 18.2 Å². The Hall–Kier alpha value is -3.36. The number of ether oxygens (including phenoxy) is 1. The lowest BCUT2D eigenvalue weighted by Gasteiger charge is -2.19. The van der Waals surface area contributed by atoms with Crippen LogP contribution in [-0.4, -0.2) is 35.6 Å². The van der Waals surface area contributed by atoms with Crippen LogP contribution in [-0.2, 0) is 0 Å². The second kappa shape index (κ2) is 9.22. The summed E-state index contributed by atoms with van der Waals surface area (Å²) in [5, 5.41) is 26.2. The fourth-order valence-corrected chi connectivity index (χ4v) is 3.44. The second-order valence-corrected chi connectivity index (χ2v) is 6.96. The molecular formula is C20H24N4O5. The van der Waals surface area contributed by atoms with Crippen molar-refractivity contribution in [2.75, 3.05) is 29.9 Å². The number of unbranched alkanes of at least 4 members (excludes halogenated alkanes) is 1. The smallest absolute Gasteiger partial charge is 0.299 e. The number of nitrogens with one attached hydrogen (secondary N) is 1. The van der Waals surface area contributed by atoms with Gasteiger partial charge in [0.15, 0.2) is 5.69 Å². The molecule has 0 unspecified atom stereocenters. The summed E-state index contributed by atoms with van der Waals surface area (Å²) in [6.45, 7) is 3.75. The van der Waals surface area contributed by atoms with Gasteiger partial charge in [0.25, 0.3) is 11.4 Å². The molecule has 1 heterocycles. The zero-order chi connectivity index (χ0) is 20.8. The minimum atomic E-state index is -0.569. The number of benzene rings is 2. The first-order valence-corrected chi connectivity index (χ1v) is 9.65. The van der Waals surface area contributed by atoms with Crippen molar-refractivity contribution in [1.82, 2.24) is 0 Å². The van der Waals surface area contributed by atoms with Crippen LogP contribution < -0.4 is 15.0 Å². The van der Waals surface area contributed by atoms with Crippen molar-refractivity contribution in [3.8, 4) is 5.75 Å². The molecule has 1 N–H and O–H groups in total. The Kier molecular flexibility index (Phi) is 6.48. The number of nitrogens with zero attached hydrogens (tertiary/aromatic N) is 3. The Balaban J connectivity index is 1.68. The average molecular weight is 400 g/mol. The molecule has 0 saturated carbocycles. The molecule has 2 aromatic carbocycles. The van der Waals surface area contributed by atoms with Crippen LogP contribution in [0.4, 0.5) is 22.7 Å². The van der Waals surface area contributed by atoms with Gasteiger partial charge < -0.3 is 15.0 Å². The van der Waals surface area contributed by atoms with E-state index in [-0.39, 0.29) is 23.1 Å². The number of hydrogen-bond acceptors (Lipinski definition) is 7. The van der Waals surface area contributed by atoms with Crippen molar-refractivity contribution in [3.63, 3.8) is 0 Å². The molecule has 0 aliphatic carbocycles. The molecule has 1 saturated heterocycles. The highest BCUT2D eigenvalue weighted by molar-refractivity contribution is 5.75. The summed E-state index contributed by atoms with van der Waals surface area (Å²) in [6, 6.07) is 11.6. The molecule has 9 nitrogen and oxygen atoms in total. The van der Waals surface area contributed by atoms with Crippen LogP contribution in [0.1, 0.15) is 26.2 Å². The fraction of sp³-hybridized carbons (Fsp3) is 0.400. The van der Waals surface area contributed by atoms with E-state index in [0.29, 0.717) is 19.7 Å². The third-order valence-electron chi connectivity index (χ3n) is 4.88. The van der Waals surface area contributed by atoms with Crippen LogP contribution in [0.3, 0.4) is 0 Å². The number of nitro groups is 2. The molecule has 1 aliphatic heterocycles. The molecule has 2 aromatic rings. The Morgan fingerprint density at radius 2 is 1.76 bits per heavy atom. The summed E-state index contributed by atoms with van der Waals surface area (Å²) in [4.78, 5) is 23.3. The first kappa shape index (κ1) is 20.4. The van der Waals surface area contributed by atoms with Crippen molar-refractivity contribution in [3.05, 3.63) is 62.7 Å². The summed E-state index contributed by atoms with van der Waals surface area (Å²) in [5.74, 6) is 0.813. The van der Waals surface area contributed by atoms with Gasteiger partial charge in [-0.05, 0) is 43.2 Å². The number of hydrogen-bond donors (Lipinski definition) is 1. The van der Waals surface area contributed by atoms with E-state index < -0.39 is 9.85 Å². The largest absolute Gasteiger partial charge is 0.494 e. The summed E-state index contributed by atoms with van der Waals surface area (Å²) < 4.78 is 5.65.